The number of pyridine rings is 2. The van der Waals surface area contributed by atoms with E-state index in [9.17, 15) is 19.1 Å². The van der Waals surface area contributed by atoms with Crippen molar-refractivity contribution in [2.75, 3.05) is 31.1 Å². The molecule has 6 rings (SSSR count). The molecule has 2 aliphatic heterocycles. The van der Waals surface area contributed by atoms with Crippen LogP contribution >= 0.6 is 0 Å². The van der Waals surface area contributed by atoms with Crippen molar-refractivity contribution in [2.45, 2.75) is 32.7 Å². The number of carbonyl (C=O) groups is 1. The van der Waals surface area contributed by atoms with Crippen molar-refractivity contribution in [3.63, 3.8) is 0 Å². The van der Waals surface area contributed by atoms with Gasteiger partial charge in [-0.1, -0.05) is 20.4 Å². The minimum Gasteiger partial charge on any atom is -0.507 e. The molecule has 13 heteroatoms. The number of halogens is 3. The summed E-state index contributed by atoms with van der Waals surface area (Å²) in [5.41, 5.74) is -0.984. The molecule has 1 amide bonds. The summed E-state index contributed by atoms with van der Waals surface area (Å²) in [6.45, 7) is 9.62. The maximum atomic E-state index is 16.4. The molecule has 0 saturated carbocycles. The lowest BCUT2D eigenvalue weighted by Crippen LogP contribution is -2.56. The van der Waals surface area contributed by atoms with Gasteiger partial charge in [0, 0.05) is 25.8 Å². The predicted molar refractivity (Wildman–Crippen MR) is 152 cm³/mol. The molecule has 1 atom stereocenters. The molecule has 1 unspecified atom stereocenters. The van der Waals surface area contributed by atoms with Crippen molar-refractivity contribution < 1.29 is 27.8 Å². The van der Waals surface area contributed by atoms with Crippen molar-refractivity contribution in [3.8, 4) is 28.4 Å². The van der Waals surface area contributed by atoms with Crippen molar-refractivity contribution in [3.05, 3.63) is 76.2 Å². The molecule has 1 saturated heterocycles. The van der Waals surface area contributed by atoms with E-state index < -0.39 is 51.9 Å². The second kappa shape index (κ2) is 10.4. The van der Waals surface area contributed by atoms with Gasteiger partial charge in [-0.2, -0.15) is 4.98 Å². The maximum absolute atomic E-state index is 16.4. The van der Waals surface area contributed by atoms with Crippen LogP contribution in [0.1, 0.15) is 31.0 Å². The average Bonchev–Trinajstić information content (AvgIpc) is 3.14. The summed E-state index contributed by atoms with van der Waals surface area (Å²) in [6, 6.07) is 2.75. The van der Waals surface area contributed by atoms with Crippen LogP contribution in [0.5, 0.6) is 11.5 Å². The minimum absolute atomic E-state index is 0.0288. The second-order valence-electron chi connectivity index (χ2n) is 10.8. The Balaban J connectivity index is 1.72. The first-order valence-corrected chi connectivity index (χ1v) is 13.6. The molecule has 5 heterocycles. The number of anilines is 1. The molecule has 4 aromatic rings. The van der Waals surface area contributed by atoms with E-state index in [2.05, 4.69) is 21.5 Å². The molecule has 0 aliphatic carbocycles. The molecule has 0 radical (unpaired) electrons. The molecule has 43 heavy (non-hydrogen) atoms. The zero-order chi connectivity index (χ0) is 30.7. The van der Waals surface area contributed by atoms with Crippen LogP contribution in [0.2, 0.25) is 0 Å². The molecule has 222 valence electrons. The Morgan fingerprint density at radius 1 is 1.16 bits per heavy atom. The van der Waals surface area contributed by atoms with Gasteiger partial charge >= 0.3 is 5.69 Å². The first-order chi connectivity index (χ1) is 20.5. The van der Waals surface area contributed by atoms with E-state index in [1.165, 1.54) is 10.6 Å². The Hall–Kier alpha value is -4.94. The van der Waals surface area contributed by atoms with Gasteiger partial charge < -0.3 is 19.6 Å². The van der Waals surface area contributed by atoms with Crippen molar-refractivity contribution in [2.24, 2.45) is 0 Å². The molecule has 2 aliphatic rings. The lowest BCUT2D eigenvalue weighted by atomic mass is 10.0. The number of piperazine rings is 1. The number of nitrogens with zero attached hydrogens (tertiary/aromatic N) is 6. The predicted octanol–water partition coefficient (Wildman–Crippen LogP) is 3.99. The number of phenols is 1. The summed E-state index contributed by atoms with van der Waals surface area (Å²) in [5, 5.41) is 10.6. The Kier molecular flexibility index (Phi) is 6.82. The van der Waals surface area contributed by atoms with Gasteiger partial charge in [0.25, 0.3) is 0 Å². The first kappa shape index (κ1) is 28.2. The standard InChI is InChI=1S/C30H27F3N6O4/c1-5-19(41)37-10-11-38-16(12-37)13-43-27-21-28(38)36-30(42)39(26-15(4)8-9-34-24(26)14(2)3)29(21)35-25(23(27)33)20-18(40)7-6-17(31)22(20)32/h5-9,14,16,40H,1,10-13H2,2-4H3. The zero-order valence-corrected chi connectivity index (χ0v) is 23.6. The summed E-state index contributed by atoms with van der Waals surface area (Å²) in [7, 11) is 0. The number of benzene rings is 1. The van der Waals surface area contributed by atoms with Gasteiger partial charge in [0.2, 0.25) is 5.91 Å². The van der Waals surface area contributed by atoms with Crippen LogP contribution in [0.4, 0.5) is 19.0 Å². The highest BCUT2D eigenvalue weighted by molar-refractivity contribution is 5.97. The lowest BCUT2D eigenvalue weighted by Gasteiger charge is -2.40. The van der Waals surface area contributed by atoms with E-state index in [4.69, 9.17) is 4.74 Å². The van der Waals surface area contributed by atoms with Crippen molar-refractivity contribution >= 4 is 22.8 Å². The summed E-state index contributed by atoms with van der Waals surface area (Å²) in [6.07, 6.45) is 2.79. The average molecular weight is 593 g/mol. The van der Waals surface area contributed by atoms with Gasteiger partial charge in [-0.3, -0.25) is 9.78 Å². The summed E-state index contributed by atoms with van der Waals surface area (Å²) in [4.78, 5) is 42.9. The second-order valence-corrected chi connectivity index (χ2v) is 10.8. The van der Waals surface area contributed by atoms with Crippen molar-refractivity contribution in [1.29, 1.82) is 0 Å². The highest BCUT2D eigenvalue weighted by Crippen LogP contribution is 2.44. The topological polar surface area (TPSA) is 114 Å². The van der Waals surface area contributed by atoms with E-state index >= 15 is 8.78 Å². The minimum atomic E-state index is -1.52. The third-order valence-corrected chi connectivity index (χ3v) is 7.80. The Labute approximate surface area is 243 Å². The fourth-order valence-electron chi connectivity index (χ4n) is 5.73. The van der Waals surface area contributed by atoms with Crippen LogP contribution in [-0.2, 0) is 4.79 Å². The van der Waals surface area contributed by atoms with E-state index in [0.29, 0.717) is 23.0 Å². The van der Waals surface area contributed by atoms with Gasteiger partial charge in [-0.15, -0.1) is 0 Å². The fourth-order valence-corrected chi connectivity index (χ4v) is 5.73. The number of aryl methyl sites for hydroxylation is 1. The number of phenolic OH excluding ortho intramolecular Hbond substituents is 1. The first-order valence-electron chi connectivity index (χ1n) is 13.6. The van der Waals surface area contributed by atoms with E-state index in [1.807, 2.05) is 13.8 Å². The molecule has 3 aromatic heterocycles. The molecule has 1 aromatic carbocycles. The fraction of sp³-hybridized carbons (Fsp3) is 0.300. The molecular weight excluding hydrogens is 565 g/mol. The lowest BCUT2D eigenvalue weighted by molar-refractivity contribution is -0.126. The summed E-state index contributed by atoms with van der Waals surface area (Å²) < 4.78 is 53.1. The molecule has 0 bridgehead atoms. The normalized spacial score (nSPS) is 16.2. The number of hydrogen-bond acceptors (Lipinski definition) is 8. The van der Waals surface area contributed by atoms with E-state index in [1.54, 1.807) is 29.0 Å². The molecule has 10 nitrogen and oxygen atoms in total. The summed E-state index contributed by atoms with van der Waals surface area (Å²) >= 11 is 0. The number of carbonyl (C=O) groups excluding carboxylic acids is 1. The maximum Gasteiger partial charge on any atom is 0.355 e. The van der Waals surface area contributed by atoms with Crippen LogP contribution in [-0.4, -0.2) is 67.7 Å². The highest BCUT2D eigenvalue weighted by Gasteiger charge is 2.38. The summed E-state index contributed by atoms with van der Waals surface area (Å²) in [5.74, 6) is -5.56. The van der Waals surface area contributed by atoms with Gasteiger partial charge in [0.1, 0.15) is 29.3 Å². The third kappa shape index (κ3) is 4.37. The van der Waals surface area contributed by atoms with Gasteiger partial charge in [-0.05, 0) is 42.7 Å². The number of hydrogen-bond donors (Lipinski definition) is 1. The number of amides is 1. The number of ether oxygens (including phenoxy) is 1. The van der Waals surface area contributed by atoms with E-state index in [0.717, 1.165) is 6.07 Å². The third-order valence-electron chi connectivity index (χ3n) is 7.80. The molecule has 0 spiro atoms. The molecule has 1 N–H and O–H groups in total. The SMILES string of the molecule is C=CC(=O)N1CCN2c3nc(=O)n(-c4c(C)ccnc4C(C)C)c4nc(-c5c(O)ccc(F)c5F)c(F)c(c34)OCC2C1. The number of rotatable bonds is 4. The van der Waals surface area contributed by atoms with Gasteiger partial charge in [-0.25, -0.2) is 27.5 Å². The van der Waals surface area contributed by atoms with Crippen LogP contribution in [0.15, 0.2) is 41.8 Å². The number of aromatic hydroxyl groups is 1. The zero-order valence-electron chi connectivity index (χ0n) is 23.6. The largest absolute Gasteiger partial charge is 0.507 e. The van der Waals surface area contributed by atoms with Gasteiger partial charge in [0.15, 0.2) is 28.8 Å². The Bertz CT molecular complexity index is 1890. The quantitative estimate of drug-likeness (QED) is 0.354. The van der Waals surface area contributed by atoms with E-state index in [-0.39, 0.29) is 54.9 Å². The van der Waals surface area contributed by atoms with Crippen LogP contribution in [0, 0.1) is 24.4 Å². The number of fused-ring (bicyclic) bond motifs is 2. The molecule has 1 fully saturated rings. The highest BCUT2D eigenvalue weighted by atomic mass is 19.2. The monoisotopic (exact) mass is 592 g/mol. The van der Waals surface area contributed by atoms with Crippen LogP contribution < -0.4 is 15.3 Å². The van der Waals surface area contributed by atoms with Crippen LogP contribution in [0.3, 0.4) is 0 Å². The van der Waals surface area contributed by atoms with Crippen LogP contribution in [0.25, 0.3) is 28.0 Å². The van der Waals surface area contributed by atoms with Gasteiger partial charge in [0.05, 0.1) is 23.0 Å². The molecular formula is C30H27F3N6O4. The Morgan fingerprint density at radius 2 is 1.93 bits per heavy atom. The van der Waals surface area contributed by atoms with Crippen molar-refractivity contribution in [1.82, 2.24) is 24.4 Å². The smallest absolute Gasteiger partial charge is 0.355 e. The number of aromatic nitrogens is 4. The Morgan fingerprint density at radius 3 is 2.65 bits per heavy atom.